The molecule has 0 spiro atoms. The molecule has 0 N–H and O–H groups in total. The first-order valence-electron chi connectivity index (χ1n) is 6.30. The van der Waals surface area contributed by atoms with Crippen molar-refractivity contribution in [1.29, 1.82) is 0 Å². The fourth-order valence-corrected chi connectivity index (χ4v) is 3.89. The summed E-state index contributed by atoms with van der Waals surface area (Å²) in [5.74, 6) is 2.56. The van der Waals surface area contributed by atoms with Crippen molar-refractivity contribution in [1.82, 2.24) is 0 Å². The monoisotopic (exact) mass is 262 g/mol. The molecule has 96 valence electrons. The number of carbonyl (C=O) groups is 1. The number of esters is 1. The molecule has 0 aliphatic heterocycles. The molecule has 2 rings (SSSR count). The van der Waals surface area contributed by atoms with Crippen LogP contribution >= 0.6 is 11.3 Å². The maximum atomic E-state index is 12.3. The summed E-state index contributed by atoms with van der Waals surface area (Å²) >= 11 is 1.59. The number of hydrogen-bond acceptors (Lipinski definition) is 3. The first-order valence-corrected chi connectivity index (χ1v) is 7.11. The van der Waals surface area contributed by atoms with E-state index in [9.17, 15) is 4.79 Å². The van der Waals surface area contributed by atoms with Crippen LogP contribution in [0.25, 0.3) is 0 Å². The van der Waals surface area contributed by atoms with Crippen LogP contribution < -0.4 is 0 Å². The Morgan fingerprint density at radius 1 is 1.44 bits per heavy atom. The van der Waals surface area contributed by atoms with Gasteiger partial charge in [0.05, 0.1) is 17.4 Å². The van der Waals surface area contributed by atoms with Crippen molar-refractivity contribution in [3.05, 3.63) is 21.4 Å². The molecule has 1 heterocycles. The number of rotatable bonds is 2. The van der Waals surface area contributed by atoms with Crippen molar-refractivity contribution in [3.8, 4) is 12.3 Å². The maximum absolute atomic E-state index is 12.3. The summed E-state index contributed by atoms with van der Waals surface area (Å²) in [4.78, 5) is 14.3. The fraction of sp³-hybridized carbons (Fsp3) is 0.533. The highest BCUT2D eigenvalue weighted by atomic mass is 32.1. The average molecular weight is 262 g/mol. The third kappa shape index (κ3) is 2.06. The molecule has 0 bridgehead atoms. The number of thiophene rings is 1. The number of methoxy groups -OCH3 is 1. The Morgan fingerprint density at radius 3 is 2.61 bits per heavy atom. The Labute approximate surface area is 112 Å². The van der Waals surface area contributed by atoms with Gasteiger partial charge in [-0.1, -0.05) is 25.2 Å². The van der Waals surface area contributed by atoms with Gasteiger partial charge in [0.25, 0.3) is 0 Å². The van der Waals surface area contributed by atoms with Gasteiger partial charge in [0.1, 0.15) is 0 Å². The lowest BCUT2D eigenvalue weighted by molar-refractivity contribution is -0.149. The fourth-order valence-electron chi connectivity index (χ4n) is 2.96. The Morgan fingerprint density at radius 2 is 2.11 bits per heavy atom. The van der Waals surface area contributed by atoms with E-state index >= 15 is 0 Å². The lowest BCUT2D eigenvalue weighted by Crippen LogP contribution is -2.39. The van der Waals surface area contributed by atoms with Gasteiger partial charge in [0.15, 0.2) is 0 Å². The average Bonchev–Trinajstić information content (AvgIpc) is 2.80. The van der Waals surface area contributed by atoms with Gasteiger partial charge in [0.2, 0.25) is 0 Å². The summed E-state index contributed by atoms with van der Waals surface area (Å²) in [6.45, 7) is 2.04. The zero-order valence-electron chi connectivity index (χ0n) is 10.9. The number of ether oxygens (including phenoxy) is 1. The second-order valence-electron chi connectivity index (χ2n) is 4.86. The van der Waals surface area contributed by atoms with Gasteiger partial charge in [-0.05, 0) is 31.4 Å². The van der Waals surface area contributed by atoms with E-state index < -0.39 is 5.41 Å². The molecule has 0 atom stereocenters. The maximum Gasteiger partial charge on any atom is 0.316 e. The predicted octanol–water partition coefficient (Wildman–Crippen LogP) is 3.41. The number of terminal acetylenes is 1. The van der Waals surface area contributed by atoms with Crippen LogP contribution in [0.4, 0.5) is 0 Å². The van der Waals surface area contributed by atoms with Crippen LogP contribution in [0.1, 0.15) is 47.4 Å². The summed E-state index contributed by atoms with van der Waals surface area (Å²) in [6, 6.07) is 2.00. The summed E-state index contributed by atoms with van der Waals surface area (Å²) in [6.07, 6.45) is 10.6. The Hall–Kier alpha value is -1.27. The smallest absolute Gasteiger partial charge is 0.316 e. The third-order valence-electron chi connectivity index (χ3n) is 3.86. The van der Waals surface area contributed by atoms with E-state index in [4.69, 9.17) is 11.2 Å². The van der Waals surface area contributed by atoms with E-state index in [0.717, 1.165) is 41.0 Å². The van der Waals surface area contributed by atoms with Crippen molar-refractivity contribution in [2.24, 2.45) is 0 Å². The lowest BCUT2D eigenvalue weighted by atomic mass is 9.69. The molecule has 0 saturated heterocycles. The van der Waals surface area contributed by atoms with Crippen molar-refractivity contribution in [2.75, 3.05) is 7.11 Å². The minimum absolute atomic E-state index is 0.105. The summed E-state index contributed by atoms with van der Waals surface area (Å²) in [5.41, 5.74) is 0.634. The first-order chi connectivity index (χ1) is 8.64. The highest BCUT2D eigenvalue weighted by molar-refractivity contribution is 7.12. The standard InChI is InChI=1S/C15H18O2S/c1-4-12-10-13(11(2)18-12)15(14(16)17-3)8-6-5-7-9-15/h1,10H,5-9H2,2-3H3. The molecule has 18 heavy (non-hydrogen) atoms. The molecule has 0 amide bonds. The van der Waals surface area contributed by atoms with E-state index in [-0.39, 0.29) is 5.97 Å². The van der Waals surface area contributed by atoms with Crippen molar-refractivity contribution in [3.63, 3.8) is 0 Å². The number of hydrogen-bond donors (Lipinski definition) is 0. The van der Waals surface area contributed by atoms with Crippen LogP contribution in [0.15, 0.2) is 6.07 Å². The van der Waals surface area contributed by atoms with E-state index in [0.29, 0.717) is 0 Å². The molecule has 0 radical (unpaired) electrons. The van der Waals surface area contributed by atoms with Crippen molar-refractivity contribution in [2.45, 2.75) is 44.4 Å². The Bertz CT molecular complexity index is 487. The van der Waals surface area contributed by atoms with Gasteiger partial charge >= 0.3 is 5.97 Å². The first kappa shape index (κ1) is 13.2. The molecular formula is C15H18O2S. The van der Waals surface area contributed by atoms with Crippen LogP contribution in [0.5, 0.6) is 0 Å². The lowest BCUT2D eigenvalue weighted by Gasteiger charge is -2.34. The van der Waals surface area contributed by atoms with E-state index in [1.54, 1.807) is 11.3 Å². The summed E-state index contributed by atoms with van der Waals surface area (Å²) < 4.78 is 5.06. The molecule has 1 aliphatic rings. The molecule has 2 nitrogen and oxygen atoms in total. The van der Waals surface area contributed by atoms with E-state index in [1.807, 2.05) is 13.0 Å². The Balaban J connectivity index is 2.49. The van der Waals surface area contributed by atoms with Crippen LogP contribution in [0.2, 0.25) is 0 Å². The topological polar surface area (TPSA) is 26.3 Å². The Kier molecular flexibility index (Phi) is 3.77. The van der Waals surface area contributed by atoms with Crippen molar-refractivity contribution < 1.29 is 9.53 Å². The minimum Gasteiger partial charge on any atom is -0.468 e. The van der Waals surface area contributed by atoms with Gasteiger partial charge in [-0.15, -0.1) is 17.8 Å². The predicted molar refractivity (Wildman–Crippen MR) is 73.8 cm³/mol. The molecule has 0 unspecified atom stereocenters. The van der Waals surface area contributed by atoms with E-state index in [2.05, 4.69) is 5.92 Å². The highest BCUT2D eigenvalue weighted by Crippen LogP contribution is 2.43. The molecule has 1 aromatic rings. The summed E-state index contributed by atoms with van der Waals surface area (Å²) in [5, 5.41) is 0. The van der Waals surface area contributed by atoms with Gasteiger partial charge in [-0.25, -0.2) is 0 Å². The molecular weight excluding hydrogens is 244 g/mol. The van der Waals surface area contributed by atoms with Gasteiger partial charge < -0.3 is 4.74 Å². The van der Waals surface area contributed by atoms with Gasteiger partial charge in [0, 0.05) is 4.88 Å². The molecule has 1 aromatic heterocycles. The summed E-state index contributed by atoms with van der Waals surface area (Å²) in [7, 11) is 1.47. The zero-order chi connectivity index (χ0) is 13.2. The SMILES string of the molecule is C#Cc1cc(C2(C(=O)OC)CCCCC2)c(C)s1. The van der Waals surface area contributed by atoms with Crippen molar-refractivity contribution >= 4 is 17.3 Å². The van der Waals surface area contributed by atoms with Crippen LogP contribution in [-0.2, 0) is 14.9 Å². The molecule has 0 aromatic carbocycles. The second-order valence-corrected chi connectivity index (χ2v) is 6.12. The molecule has 3 heteroatoms. The van der Waals surface area contributed by atoms with Crippen LogP contribution in [-0.4, -0.2) is 13.1 Å². The van der Waals surface area contributed by atoms with Crippen LogP contribution in [0.3, 0.4) is 0 Å². The normalized spacial score (nSPS) is 18.1. The second kappa shape index (κ2) is 5.16. The van der Waals surface area contributed by atoms with Gasteiger partial charge in [-0.2, -0.15) is 0 Å². The molecule has 1 fully saturated rings. The highest BCUT2D eigenvalue weighted by Gasteiger charge is 2.43. The third-order valence-corrected chi connectivity index (χ3v) is 4.84. The molecule has 1 aliphatic carbocycles. The van der Waals surface area contributed by atoms with Crippen LogP contribution in [0, 0.1) is 19.3 Å². The minimum atomic E-state index is -0.456. The largest absolute Gasteiger partial charge is 0.468 e. The van der Waals surface area contributed by atoms with Gasteiger partial charge in [-0.3, -0.25) is 4.79 Å². The number of carbonyl (C=O) groups excluding carboxylic acids is 1. The van der Waals surface area contributed by atoms with E-state index in [1.165, 1.54) is 13.5 Å². The quantitative estimate of drug-likeness (QED) is 0.603. The number of aryl methyl sites for hydroxylation is 1. The molecule has 1 saturated carbocycles. The zero-order valence-corrected chi connectivity index (χ0v) is 11.7.